The normalized spacial score (nSPS) is 22.5. The summed E-state index contributed by atoms with van der Waals surface area (Å²) in [6.45, 7) is 9.23. The van der Waals surface area contributed by atoms with E-state index in [1.807, 2.05) is 49.4 Å². The number of nitrogens with zero attached hydrogens (tertiary/aromatic N) is 3. The summed E-state index contributed by atoms with van der Waals surface area (Å²) in [6, 6.07) is 22.0. The quantitative estimate of drug-likeness (QED) is 0.143. The summed E-state index contributed by atoms with van der Waals surface area (Å²) in [5.41, 5.74) is 0.708. The van der Waals surface area contributed by atoms with Crippen LogP contribution in [0.4, 0.5) is 9.80 Å². The number of ether oxygens (including phenoxy) is 1. The van der Waals surface area contributed by atoms with E-state index in [0.717, 1.165) is 5.56 Å². The van der Waals surface area contributed by atoms with Crippen molar-refractivity contribution in [2.24, 2.45) is 5.92 Å². The lowest BCUT2D eigenvalue weighted by molar-refractivity contribution is -0.149. The number of hydrogen-bond acceptors (Lipinski definition) is 5. The smallest absolute Gasteiger partial charge is 0.279 e. The van der Waals surface area contributed by atoms with E-state index in [9.17, 15) is 19.5 Å². The fraction of sp³-hybridized carbons (Fsp3) is 0.343. The molecule has 46 heavy (non-hydrogen) atoms. The van der Waals surface area contributed by atoms with Gasteiger partial charge in [-0.05, 0) is 49.0 Å². The standard InChI is InChI=1S/C35H39FN4O5Si/c1-5-17-39-29-16-15-25(40-33(43)26-13-9-10-14-28(26)37-40)20-27(29)35(34(39)44)23(2)32(46(3,4)36)30(45-35)21-31(42)38(18-19-41)22-24-11-7-6-8-12-24/h5-16,20,23,30,32,37,41H,1,17-19,21-22H2,2-4H3/t23-,30+,32-,35+/m1/s1. The molecule has 4 aromatic rings. The molecule has 240 valence electrons. The van der Waals surface area contributed by atoms with Crippen LogP contribution < -0.4 is 10.5 Å². The average molecular weight is 643 g/mol. The van der Waals surface area contributed by atoms with Gasteiger partial charge in [-0.25, -0.2) is 4.68 Å². The highest BCUT2D eigenvalue weighted by atomic mass is 28.4. The van der Waals surface area contributed by atoms with Crippen LogP contribution in [0.2, 0.25) is 18.6 Å². The molecule has 1 fully saturated rings. The third-order valence-corrected chi connectivity index (χ3v) is 11.9. The minimum atomic E-state index is -3.54. The number of aliphatic hydroxyl groups is 1. The Hall–Kier alpha value is -4.32. The van der Waals surface area contributed by atoms with Crippen LogP contribution >= 0.6 is 0 Å². The molecule has 1 spiro atoms. The largest absolute Gasteiger partial charge is 0.395 e. The highest BCUT2D eigenvalue weighted by molar-refractivity contribution is 6.72. The zero-order valence-electron chi connectivity index (χ0n) is 26.3. The van der Waals surface area contributed by atoms with Gasteiger partial charge in [0.05, 0.1) is 41.4 Å². The Morgan fingerprint density at radius 1 is 1.13 bits per heavy atom. The summed E-state index contributed by atoms with van der Waals surface area (Å²) in [7, 11) is -3.54. The first-order valence-corrected chi connectivity index (χ1v) is 18.5. The number of hydrogen-bond donors (Lipinski definition) is 2. The topological polar surface area (TPSA) is 108 Å². The number of aromatic amines is 1. The number of aromatic nitrogens is 2. The molecule has 2 aliphatic rings. The van der Waals surface area contributed by atoms with Crippen molar-refractivity contribution in [3.63, 3.8) is 0 Å². The van der Waals surface area contributed by atoms with Crippen LogP contribution in [-0.2, 0) is 26.5 Å². The van der Waals surface area contributed by atoms with Crippen LogP contribution in [0.3, 0.4) is 0 Å². The van der Waals surface area contributed by atoms with Crippen LogP contribution in [-0.4, -0.2) is 65.8 Å². The number of carbonyl (C=O) groups is 2. The summed E-state index contributed by atoms with van der Waals surface area (Å²) in [4.78, 5) is 44.8. The summed E-state index contributed by atoms with van der Waals surface area (Å²) in [6.07, 6.45) is 0.597. The Morgan fingerprint density at radius 2 is 1.85 bits per heavy atom. The van der Waals surface area contributed by atoms with Crippen LogP contribution in [0, 0.1) is 5.92 Å². The Bertz CT molecular complexity index is 1850. The number of aliphatic hydroxyl groups excluding tert-OH is 1. The molecule has 3 aromatic carbocycles. The molecule has 0 bridgehead atoms. The van der Waals surface area contributed by atoms with E-state index in [1.165, 1.54) is 4.68 Å². The van der Waals surface area contributed by atoms with E-state index in [-0.39, 0.29) is 50.0 Å². The van der Waals surface area contributed by atoms with Crippen molar-refractivity contribution in [2.45, 2.75) is 50.2 Å². The number of para-hydroxylation sites is 1. The second kappa shape index (κ2) is 12.1. The van der Waals surface area contributed by atoms with Gasteiger partial charge in [-0.3, -0.25) is 19.5 Å². The van der Waals surface area contributed by atoms with Crippen molar-refractivity contribution in [3.05, 3.63) is 107 Å². The molecule has 0 radical (unpaired) electrons. The molecule has 1 aromatic heterocycles. The lowest BCUT2D eigenvalue weighted by Gasteiger charge is -2.31. The average Bonchev–Trinajstić information content (AvgIpc) is 3.61. The highest BCUT2D eigenvalue weighted by Crippen LogP contribution is 2.60. The van der Waals surface area contributed by atoms with Gasteiger partial charge in [-0.15, -0.1) is 6.58 Å². The first kappa shape index (κ1) is 31.7. The van der Waals surface area contributed by atoms with E-state index in [0.29, 0.717) is 27.8 Å². The molecule has 11 heteroatoms. The minimum absolute atomic E-state index is 0.111. The van der Waals surface area contributed by atoms with E-state index in [1.54, 1.807) is 59.3 Å². The number of nitrogens with one attached hydrogen (secondary N) is 1. The van der Waals surface area contributed by atoms with Gasteiger partial charge in [-0.2, -0.15) is 0 Å². The fourth-order valence-electron chi connectivity index (χ4n) is 7.44. The zero-order valence-corrected chi connectivity index (χ0v) is 27.3. The summed E-state index contributed by atoms with van der Waals surface area (Å²) in [5, 5.41) is 13.4. The number of benzene rings is 3. The van der Waals surface area contributed by atoms with Gasteiger partial charge < -0.3 is 23.8 Å². The zero-order chi connectivity index (χ0) is 32.8. The lowest BCUT2D eigenvalue weighted by Crippen LogP contribution is -2.45. The fourth-order valence-corrected chi connectivity index (χ4v) is 9.94. The number of carbonyl (C=O) groups excluding carboxylic acids is 2. The number of fused-ring (bicyclic) bond motifs is 3. The predicted molar refractivity (Wildman–Crippen MR) is 178 cm³/mol. The van der Waals surface area contributed by atoms with Crippen molar-refractivity contribution < 1.29 is 23.5 Å². The molecule has 6 rings (SSSR count). The second-order valence-corrected chi connectivity index (χ2v) is 16.5. The molecular weight excluding hydrogens is 603 g/mol. The third kappa shape index (κ3) is 5.22. The van der Waals surface area contributed by atoms with Gasteiger partial charge in [0.1, 0.15) is 0 Å². The number of rotatable bonds is 10. The minimum Gasteiger partial charge on any atom is -0.395 e. The van der Waals surface area contributed by atoms with Crippen LogP contribution in [0.15, 0.2) is 90.2 Å². The predicted octanol–water partition coefficient (Wildman–Crippen LogP) is 5.04. The summed E-state index contributed by atoms with van der Waals surface area (Å²) in [5.74, 6) is -1.25. The van der Waals surface area contributed by atoms with Crippen molar-refractivity contribution in [3.8, 4) is 5.69 Å². The Labute approximate surface area is 268 Å². The SMILES string of the molecule is C=CCN1C(=O)[C@@]2(O[C@@H](CC(=O)N(CCO)Cc3ccccc3)[C@H]([Si](C)(C)F)[C@H]2C)c2cc(-n3[nH]c4ccccc4c3=O)ccc21. The van der Waals surface area contributed by atoms with Crippen molar-refractivity contribution in [2.75, 3.05) is 24.6 Å². The van der Waals surface area contributed by atoms with E-state index >= 15 is 4.11 Å². The molecule has 1 saturated heterocycles. The molecule has 2 aliphatic heterocycles. The van der Waals surface area contributed by atoms with Crippen LogP contribution in [0.25, 0.3) is 16.6 Å². The maximum Gasteiger partial charge on any atom is 0.279 e. The van der Waals surface area contributed by atoms with E-state index < -0.39 is 31.6 Å². The Kier molecular flexibility index (Phi) is 8.34. The van der Waals surface area contributed by atoms with E-state index in [2.05, 4.69) is 11.7 Å². The Balaban J connectivity index is 1.42. The molecule has 9 nitrogen and oxygen atoms in total. The number of amides is 2. The summed E-state index contributed by atoms with van der Waals surface area (Å²) >= 11 is 0. The molecule has 0 aliphatic carbocycles. The molecule has 0 saturated carbocycles. The van der Waals surface area contributed by atoms with Crippen molar-refractivity contribution >= 4 is 36.8 Å². The van der Waals surface area contributed by atoms with Gasteiger partial charge in [0.2, 0.25) is 14.3 Å². The molecule has 2 N–H and O–H groups in total. The Morgan fingerprint density at radius 3 is 2.52 bits per heavy atom. The van der Waals surface area contributed by atoms with Gasteiger partial charge in [-0.1, -0.05) is 55.5 Å². The molecule has 4 atom stereocenters. The molecular formula is C35H39FN4O5Si. The number of anilines is 1. The van der Waals surface area contributed by atoms with Gasteiger partial charge >= 0.3 is 0 Å². The first-order valence-electron chi connectivity index (χ1n) is 15.6. The van der Waals surface area contributed by atoms with E-state index in [4.69, 9.17) is 4.74 Å². The highest BCUT2D eigenvalue weighted by Gasteiger charge is 2.67. The van der Waals surface area contributed by atoms with Crippen LogP contribution in [0.1, 0.15) is 24.5 Å². The third-order valence-electron chi connectivity index (χ3n) is 9.42. The summed E-state index contributed by atoms with van der Waals surface area (Å²) < 4.78 is 24.5. The lowest BCUT2D eigenvalue weighted by atomic mass is 9.82. The first-order chi connectivity index (χ1) is 22.0. The van der Waals surface area contributed by atoms with Crippen LogP contribution in [0.5, 0.6) is 0 Å². The second-order valence-electron chi connectivity index (χ2n) is 12.7. The number of halogens is 1. The molecule has 2 amide bonds. The monoisotopic (exact) mass is 642 g/mol. The van der Waals surface area contributed by atoms with Gasteiger partial charge in [0.25, 0.3) is 11.5 Å². The van der Waals surface area contributed by atoms with Crippen molar-refractivity contribution in [1.82, 2.24) is 14.7 Å². The van der Waals surface area contributed by atoms with Gasteiger partial charge in [0.15, 0.2) is 5.60 Å². The van der Waals surface area contributed by atoms with Gasteiger partial charge in [0, 0.05) is 36.7 Å². The maximum absolute atomic E-state index is 16.3. The van der Waals surface area contributed by atoms with Crippen molar-refractivity contribution in [1.29, 1.82) is 0 Å². The molecule has 0 unspecified atom stereocenters. The molecule has 3 heterocycles. The maximum atomic E-state index is 16.3. The number of H-pyrrole nitrogens is 1.